The number of rotatable bonds is 10. The summed E-state index contributed by atoms with van der Waals surface area (Å²) in [7, 11) is 0. The van der Waals surface area contributed by atoms with Crippen LogP contribution in [0, 0.1) is 20.8 Å². The van der Waals surface area contributed by atoms with Crippen LogP contribution in [0.25, 0.3) is 11.6 Å². The van der Waals surface area contributed by atoms with Crippen LogP contribution in [-0.4, -0.2) is 6.04 Å². The summed E-state index contributed by atoms with van der Waals surface area (Å²) in [6.07, 6.45) is 14.6. The van der Waals surface area contributed by atoms with Gasteiger partial charge in [-0.05, 0) is 98.0 Å². The number of hydrogen-bond acceptors (Lipinski definition) is 2. The smallest absolute Gasteiger partial charge is 0.0554 e. The van der Waals surface area contributed by atoms with Crippen molar-refractivity contribution in [2.24, 2.45) is 0 Å². The number of benzene rings is 6. The average Bonchev–Trinajstić information content (AvgIpc) is 3.18. The van der Waals surface area contributed by atoms with Crippen LogP contribution in [0.1, 0.15) is 39.8 Å². The molecule has 1 aliphatic rings. The first kappa shape index (κ1) is 33.4. The Hall–Kier alpha value is -6.12. The number of anilines is 4. The molecule has 0 spiro atoms. The van der Waals surface area contributed by atoms with Crippen molar-refractivity contribution in [3.8, 4) is 0 Å². The van der Waals surface area contributed by atoms with Gasteiger partial charge >= 0.3 is 0 Å². The Labute approximate surface area is 303 Å². The van der Waals surface area contributed by atoms with Crippen LogP contribution in [0.3, 0.4) is 0 Å². The van der Waals surface area contributed by atoms with Gasteiger partial charge in [0.1, 0.15) is 0 Å². The van der Waals surface area contributed by atoms with Gasteiger partial charge in [0.2, 0.25) is 0 Å². The number of hydrogen-bond donors (Lipinski definition) is 0. The van der Waals surface area contributed by atoms with Crippen LogP contribution in [0.2, 0.25) is 0 Å². The van der Waals surface area contributed by atoms with Gasteiger partial charge in [0, 0.05) is 34.5 Å². The van der Waals surface area contributed by atoms with Gasteiger partial charge in [-0.25, -0.2) is 0 Å². The van der Waals surface area contributed by atoms with E-state index in [-0.39, 0.29) is 6.04 Å². The first-order valence-electron chi connectivity index (χ1n) is 17.8. The second-order valence-electron chi connectivity index (χ2n) is 13.3. The predicted octanol–water partition coefficient (Wildman–Crippen LogP) is 12.9. The van der Waals surface area contributed by atoms with Crippen LogP contribution >= 0.6 is 0 Å². The molecular weight excluding hydrogens is 617 g/mol. The van der Waals surface area contributed by atoms with Crippen molar-refractivity contribution in [3.63, 3.8) is 0 Å². The highest BCUT2D eigenvalue weighted by molar-refractivity contribution is 5.82. The van der Waals surface area contributed by atoms with Gasteiger partial charge in [0.15, 0.2) is 0 Å². The van der Waals surface area contributed by atoms with Gasteiger partial charge in [0.05, 0.1) is 6.04 Å². The lowest BCUT2D eigenvalue weighted by molar-refractivity contribution is 0.776. The summed E-state index contributed by atoms with van der Waals surface area (Å²) >= 11 is 0. The van der Waals surface area contributed by atoms with Gasteiger partial charge in [-0.15, -0.1) is 0 Å². The molecule has 0 saturated carbocycles. The molecule has 6 aromatic carbocycles. The predicted molar refractivity (Wildman–Crippen MR) is 219 cm³/mol. The molecule has 0 aliphatic heterocycles. The lowest BCUT2D eigenvalue weighted by Gasteiger charge is -2.31. The molecule has 51 heavy (non-hydrogen) atoms. The zero-order valence-corrected chi connectivity index (χ0v) is 29.7. The highest BCUT2D eigenvalue weighted by atomic mass is 15.1. The third-order valence-electron chi connectivity index (χ3n) is 9.44. The molecule has 0 bridgehead atoms. The molecule has 0 fully saturated rings. The van der Waals surface area contributed by atoms with E-state index < -0.39 is 0 Å². The maximum Gasteiger partial charge on any atom is 0.0554 e. The first-order valence-corrected chi connectivity index (χ1v) is 17.8. The summed E-state index contributed by atoms with van der Waals surface area (Å²) in [5.74, 6) is 0. The molecule has 2 nitrogen and oxygen atoms in total. The quantitative estimate of drug-likeness (QED) is 0.144. The highest BCUT2D eigenvalue weighted by Gasteiger charge is 2.19. The van der Waals surface area contributed by atoms with Crippen LogP contribution in [0.5, 0.6) is 0 Å². The molecule has 1 atom stereocenters. The molecule has 0 amide bonds. The summed E-state index contributed by atoms with van der Waals surface area (Å²) in [6.45, 7) is 6.40. The van der Waals surface area contributed by atoms with Crippen molar-refractivity contribution in [2.45, 2.75) is 33.2 Å². The maximum atomic E-state index is 2.43. The molecule has 0 radical (unpaired) electrons. The lowest BCUT2D eigenvalue weighted by atomic mass is 9.96. The first-order chi connectivity index (χ1) is 25.0. The lowest BCUT2D eigenvalue weighted by Crippen LogP contribution is -2.30. The Morgan fingerprint density at radius 2 is 0.961 bits per heavy atom. The second-order valence-corrected chi connectivity index (χ2v) is 13.3. The van der Waals surface area contributed by atoms with Crippen molar-refractivity contribution >= 4 is 34.4 Å². The Morgan fingerprint density at radius 1 is 0.510 bits per heavy atom. The van der Waals surface area contributed by atoms with Crippen molar-refractivity contribution in [1.29, 1.82) is 0 Å². The third kappa shape index (κ3) is 8.20. The molecule has 250 valence electrons. The van der Waals surface area contributed by atoms with Crippen molar-refractivity contribution in [3.05, 3.63) is 227 Å². The van der Waals surface area contributed by atoms with Crippen molar-refractivity contribution in [2.75, 3.05) is 9.80 Å². The van der Waals surface area contributed by atoms with Gasteiger partial charge in [0.25, 0.3) is 0 Å². The fraction of sp³-hybridized carbons (Fsp3) is 0.102. The van der Waals surface area contributed by atoms with Gasteiger partial charge in [-0.1, -0.05) is 156 Å². The van der Waals surface area contributed by atoms with Crippen molar-refractivity contribution in [1.82, 2.24) is 0 Å². The van der Waals surface area contributed by atoms with Crippen molar-refractivity contribution < 1.29 is 0 Å². The molecule has 0 N–H and O–H groups in total. The van der Waals surface area contributed by atoms with E-state index in [0.717, 1.165) is 23.5 Å². The number of nitrogens with zero attached hydrogens (tertiary/aromatic N) is 2. The molecule has 1 unspecified atom stereocenters. The Balaban J connectivity index is 1.12. The highest BCUT2D eigenvalue weighted by Crippen LogP contribution is 2.35. The van der Waals surface area contributed by atoms with E-state index in [9.17, 15) is 0 Å². The van der Waals surface area contributed by atoms with Crippen LogP contribution in [0.15, 0.2) is 194 Å². The number of aryl methyl sites for hydroxylation is 3. The van der Waals surface area contributed by atoms with E-state index in [1.54, 1.807) is 0 Å². The Morgan fingerprint density at radius 3 is 1.41 bits per heavy atom. The van der Waals surface area contributed by atoms with Crippen LogP contribution in [0.4, 0.5) is 22.7 Å². The minimum absolute atomic E-state index is 0.182. The van der Waals surface area contributed by atoms with Crippen LogP contribution in [-0.2, 0) is 0 Å². The topological polar surface area (TPSA) is 6.48 Å². The zero-order valence-electron chi connectivity index (χ0n) is 29.7. The van der Waals surface area contributed by atoms with Gasteiger partial charge < -0.3 is 9.80 Å². The molecule has 0 aromatic heterocycles. The zero-order chi connectivity index (χ0) is 35.0. The molecule has 1 aliphatic carbocycles. The SMILES string of the molecule is Cc1ccc(N(c2ccc(C)cc2)c2ccc(/C=C/C3=CCC(N(C=C(c4ccccc4)c4ccccc4)c4ccc(C)cc4)C=C3)cc2)cc1. The standard InChI is InChI=1S/C49H44N2/c1-37-14-26-44(27-15-37)50(36-49(42-10-6-4-7-11-42)43-12-8-5-9-13-43)45-32-22-40(23-33-45)20-21-41-24-34-48(35-25-41)51(46-28-16-38(2)17-29-46)47-30-18-39(3)19-31-47/h4-32,34-36,45H,33H2,1-3H3/b21-20+. The molecular formula is C49H44N2. The summed E-state index contributed by atoms with van der Waals surface area (Å²) < 4.78 is 0. The summed E-state index contributed by atoms with van der Waals surface area (Å²) in [5, 5.41) is 0. The number of allylic oxidation sites excluding steroid dienone is 3. The monoisotopic (exact) mass is 660 g/mol. The molecule has 0 saturated heterocycles. The minimum Gasteiger partial charge on any atom is -0.340 e. The fourth-order valence-electron chi connectivity index (χ4n) is 6.49. The van der Waals surface area contributed by atoms with Gasteiger partial charge in [-0.3, -0.25) is 0 Å². The molecule has 0 heterocycles. The second kappa shape index (κ2) is 15.6. The van der Waals surface area contributed by atoms with E-state index in [1.165, 1.54) is 50.2 Å². The molecule has 2 heteroatoms. The molecule has 6 aromatic rings. The van der Waals surface area contributed by atoms with E-state index in [0.29, 0.717) is 0 Å². The normalized spacial score (nSPS) is 13.9. The van der Waals surface area contributed by atoms with Crippen LogP contribution < -0.4 is 9.80 Å². The molecule has 7 rings (SSSR count). The van der Waals surface area contributed by atoms with E-state index in [1.807, 2.05) is 0 Å². The van der Waals surface area contributed by atoms with E-state index in [2.05, 4.69) is 225 Å². The van der Waals surface area contributed by atoms with E-state index >= 15 is 0 Å². The van der Waals surface area contributed by atoms with Gasteiger partial charge in [-0.2, -0.15) is 0 Å². The largest absolute Gasteiger partial charge is 0.340 e. The summed E-state index contributed by atoms with van der Waals surface area (Å²) in [4.78, 5) is 4.74. The maximum absolute atomic E-state index is 2.43. The average molecular weight is 661 g/mol. The third-order valence-corrected chi connectivity index (χ3v) is 9.44. The summed E-state index contributed by atoms with van der Waals surface area (Å²) in [6, 6.07) is 56.7. The summed E-state index contributed by atoms with van der Waals surface area (Å²) in [5.41, 5.74) is 14.4. The van der Waals surface area contributed by atoms with E-state index in [4.69, 9.17) is 0 Å². The fourth-order valence-corrected chi connectivity index (χ4v) is 6.49. The Kier molecular flexibility index (Phi) is 10.2. The minimum atomic E-state index is 0.182. The Bertz CT molecular complexity index is 2070.